The summed E-state index contributed by atoms with van der Waals surface area (Å²) in [4.78, 5) is 17.4. The fourth-order valence-electron chi connectivity index (χ4n) is 4.86. The molecule has 0 aliphatic carbocycles. The van der Waals surface area contributed by atoms with Crippen LogP contribution in [-0.4, -0.2) is 55.5 Å². The van der Waals surface area contributed by atoms with Crippen molar-refractivity contribution in [3.63, 3.8) is 0 Å². The molecule has 2 aliphatic heterocycles. The molecule has 4 rings (SSSR count). The van der Waals surface area contributed by atoms with Crippen molar-refractivity contribution in [1.82, 2.24) is 9.80 Å². The van der Waals surface area contributed by atoms with Crippen molar-refractivity contribution in [1.29, 1.82) is 0 Å². The Hall–Kier alpha value is -1.86. The minimum atomic E-state index is -0.213. The maximum atomic E-state index is 13.8. The molecular formula is C23H30Cl2FN3O2. The van der Waals surface area contributed by atoms with Crippen LogP contribution < -0.4 is 10.5 Å². The normalized spacial score (nSPS) is 22.5. The summed E-state index contributed by atoms with van der Waals surface area (Å²) in [5.74, 6) is 1.23. The lowest BCUT2D eigenvalue weighted by Gasteiger charge is -2.27. The summed E-state index contributed by atoms with van der Waals surface area (Å²) in [5.41, 5.74) is 8.14. The molecule has 0 unspecified atom stereocenters. The lowest BCUT2D eigenvalue weighted by atomic mass is 9.89. The highest BCUT2D eigenvalue weighted by atomic mass is 35.5. The molecule has 170 valence electrons. The third kappa shape index (κ3) is 5.14. The van der Waals surface area contributed by atoms with Crippen LogP contribution in [0, 0.1) is 24.6 Å². The number of carbonyl (C=O) groups is 1. The molecule has 2 aromatic carbocycles. The van der Waals surface area contributed by atoms with Crippen molar-refractivity contribution in [2.45, 2.75) is 13.0 Å². The Morgan fingerprint density at radius 3 is 2.65 bits per heavy atom. The number of benzene rings is 2. The first-order valence-corrected chi connectivity index (χ1v) is 10.2. The first-order chi connectivity index (χ1) is 14.0. The largest absolute Gasteiger partial charge is 0.492 e. The molecule has 8 heteroatoms. The van der Waals surface area contributed by atoms with Crippen molar-refractivity contribution in [2.24, 2.45) is 17.6 Å². The highest BCUT2D eigenvalue weighted by Crippen LogP contribution is 2.44. The van der Waals surface area contributed by atoms with E-state index < -0.39 is 0 Å². The Kier molecular flexibility index (Phi) is 8.72. The molecule has 0 bridgehead atoms. The second-order valence-electron chi connectivity index (χ2n) is 8.19. The van der Waals surface area contributed by atoms with Gasteiger partial charge in [0.2, 0.25) is 0 Å². The molecule has 0 spiro atoms. The van der Waals surface area contributed by atoms with Crippen LogP contribution in [0.1, 0.15) is 27.5 Å². The Morgan fingerprint density at radius 1 is 1.16 bits per heavy atom. The lowest BCUT2D eigenvalue weighted by Crippen LogP contribution is -2.33. The summed E-state index contributed by atoms with van der Waals surface area (Å²) >= 11 is 0. The summed E-state index contributed by atoms with van der Waals surface area (Å²) < 4.78 is 19.5. The lowest BCUT2D eigenvalue weighted by molar-refractivity contribution is 0.0767. The zero-order valence-corrected chi connectivity index (χ0v) is 19.4. The van der Waals surface area contributed by atoms with Gasteiger partial charge in [0.1, 0.15) is 18.2 Å². The summed E-state index contributed by atoms with van der Waals surface area (Å²) in [6.45, 7) is 5.14. The minimum Gasteiger partial charge on any atom is -0.492 e. The highest BCUT2D eigenvalue weighted by Gasteiger charge is 2.47. The average Bonchev–Trinajstić information content (AvgIpc) is 3.23. The monoisotopic (exact) mass is 469 g/mol. The van der Waals surface area contributed by atoms with Crippen LogP contribution in [0.5, 0.6) is 5.75 Å². The third-order valence-corrected chi connectivity index (χ3v) is 6.18. The smallest absolute Gasteiger partial charge is 0.254 e. The number of hydrogen-bond donors (Lipinski definition) is 1. The van der Waals surface area contributed by atoms with Crippen LogP contribution in [-0.2, 0) is 0 Å². The molecule has 2 N–H and O–H groups in total. The number of carbonyl (C=O) groups excluding carboxylic acids is 1. The molecule has 2 heterocycles. The van der Waals surface area contributed by atoms with Gasteiger partial charge in [0, 0.05) is 43.7 Å². The Balaban J connectivity index is 0.00000171. The maximum absolute atomic E-state index is 13.8. The number of halogens is 3. The minimum absolute atomic E-state index is 0. The summed E-state index contributed by atoms with van der Waals surface area (Å²) in [7, 11) is 2.08. The van der Waals surface area contributed by atoms with Gasteiger partial charge in [-0.2, -0.15) is 0 Å². The number of ether oxygens (including phenoxy) is 1. The summed E-state index contributed by atoms with van der Waals surface area (Å²) in [6, 6.07) is 12.6. The fraction of sp³-hybridized carbons (Fsp3) is 0.435. The van der Waals surface area contributed by atoms with Crippen LogP contribution in [0.4, 0.5) is 4.39 Å². The van der Waals surface area contributed by atoms with Crippen LogP contribution in [0.15, 0.2) is 42.5 Å². The molecule has 3 atom stereocenters. The molecule has 1 amide bonds. The van der Waals surface area contributed by atoms with Crippen LogP contribution in [0.2, 0.25) is 0 Å². The number of nitrogens with zero attached hydrogens (tertiary/aromatic N) is 2. The standard InChI is InChI=1S/C23H28FN3O2.2ClH/c1-15-6-7-17(11-21(15)29-9-8-25)23(28)27-13-18-12-26(2)22(20(18)14-27)16-4-3-5-19(24)10-16;;/h3-7,10-11,18,20,22H,8-9,12-14,25H2,1-2H3;2*1H/t18-,20+,22-;;/m0../s1. The molecular weight excluding hydrogens is 440 g/mol. The van der Waals surface area contributed by atoms with Gasteiger partial charge in [-0.3, -0.25) is 9.69 Å². The van der Waals surface area contributed by atoms with Crippen LogP contribution in [0.25, 0.3) is 0 Å². The van der Waals surface area contributed by atoms with Crippen LogP contribution >= 0.6 is 24.8 Å². The average molecular weight is 470 g/mol. The quantitative estimate of drug-likeness (QED) is 0.725. The molecule has 0 aromatic heterocycles. The number of hydrogen-bond acceptors (Lipinski definition) is 4. The van der Waals surface area contributed by atoms with Gasteiger partial charge in [0.05, 0.1) is 0 Å². The molecule has 31 heavy (non-hydrogen) atoms. The number of aryl methyl sites for hydroxylation is 1. The first-order valence-electron chi connectivity index (χ1n) is 10.2. The van der Waals surface area contributed by atoms with Gasteiger partial charge in [-0.1, -0.05) is 18.2 Å². The Bertz CT molecular complexity index is 914. The molecule has 0 saturated carbocycles. The topological polar surface area (TPSA) is 58.8 Å². The van der Waals surface area contributed by atoms with E-state index in [0.29, 0.717) is 42.8 Å². The molecule has 2 aromatic rings. The van der Waals surface area contributed by atoms with Gasteiger partial charge in [-0.05, 0) is 55.3 Å². The van der Waals surface area contributed by atoms with E-state index in [1.807, 2.05) is 36.1 Å². The van der Waals surface area contributed by atoms with Crippen molar-refractivity contribution in [3.05, 3.63) is 65.0 Å². The SMILES string of the molecule is Cc1ccc(C(=O)N2C[C@@H]3CN(C)[C@@H](c4cccc(F)c4)[C@@H]3C2)cc1OCCN.Cl.Cl. The van der Waals surface area contributed by atoms with Gasteiger partial charge < -0.3 is 15.4 Å². The van der Waals surface area contributed by atoms with E-state index in [-0.39, 0.29) is 42.6 Å². The maximum Gasteiger partial charge on any atom is 0.254 e. The van der Waals surface area contributed by atoms with Crippen molar-refractivity contribution >= 4 is 30.7 Å². The van der Waals surface area contributed by atoms with Gasteiger partial charge in [0.25, 0.3) is 5.91 Å². The summed E-state index contributed by atoms with van der Waals surface area (Å²) in [5, 5.41) is 0. The van der Waals surface area contributed by atoms with E-state index in [0.717, 1.165) is 24.2 Å². The van der Waals surface area contributed by atoms with E-state index in [1.165, 1.54) is 6.07 Å². The van der Waals surface area contributed by atoms with E-state index in [2.05, 4.69) is 11.9 Å². The predicted molar refractivity (Wildman–Crippen MR) is 125 cm³/mol. The number of nitrogens with two attached hydrogens (primary N) is 1. The third-order valence-electron chi connectivity index (χ3n) is 6.18. The zero-order valence-electron chi connectivity index (χ0n) is 17.8. The Labute approximate surface area is 195 Å². The van der Waals surface area contributed by atoms with Crippen molar-refractivity contribution in [2.75, 3.05) is 39.8 Å². The van der Waals surface area contributed by atoms with Crippen molar-refractivity contribution < 1.29 is 13.9 Å². The first kappa shape index (κ1) is 25.4. The Morgan fingerprint density at radius 2 is 1.94 bits per heavy atom. The predicted octanol–water partition coefficient (Wildman–Crippen LogP) is 3.69. The fourth-order valence-corrected chi connectivity index (χ4v) is 4.86. The van der Waals surface area contributed by atoms with Crippen LogP contribution in [0.3, 0.4) is 0 Å². The van der Waals surface area contributed by atoms with Crippen molar-refractivity contribution in [3.8, 4) is 5.75 Å². The van der Waals surface area contributed by atoms with Gasteiger partial charge >= 0.3 is 0 Å². The van der Waals surface area contributed by atoms with E-state index in [1.54, 1.807) is 12.1 Å². The number of fused-ring (bicyclic) bond motifs is 1. The van der Waals surface area contributed by atoms with Gasteiger partial charge in [-0.15, -0.1) is 24.8 Å². The molecule has 0 radical (unpaired) electrons. The van der Waals surface area contributed by atoms with E-state index in [9.17, 15) is 9.18 Å². The molecule has 2 fully saturated rings. The second kappa shape index (κ2) is 10.6. The number of rotatable bonds is 5. The van der Waals surface area contributed by atoms with E-state index >= 15 is 0 Å². The molecule has 2 saturated heterocycles. The van der Waals surface area contributed by atoms with E-state index in [4.69, 9.17) is 10.5 Å². The van der Waals surface area contributed by atoms with Gasteiger partial charge in [0.15, 0.2) is 0 Å². The highest BCUT2D eigenvalue weighted by molar-refractivity contribution is 5.95. The molecule has 2 aliphatic rings. The number of amides is 1. The molecule has 5 nitrogen and oxygen atoms in total. The number of likely N-dealkylation sites (tertiary alicyclic amines) is 2. The second-order valence-corrected chi connectivity index (χ2v) is 8.19. The zero-order chi connectivity index (χ0) is 20.5. The van der Waals surface area contributed by atoms with Gasteiger partial charge in [-0.25, -0.2) is 4.39 Å². The summed E-state index contributed by atoms with van der Waals surface area (Å²) in [6.07, 6.45) is 0.